The monoisotopic (exact) mass is 327 g/mol. The van der Waals surface area contributed by atoms with Gasteiger partial charge in [0.1, 0.15) is 5.69 Å². The van der Waals surface area contributed by atoms with E-state index in [1.54, 1.807) is 37.6 Å². The summed E-state index contributed by atoms with van der Waals surface area (Å²) in [5, 5.41) is 5.99. The van der Waals surface area contributed by atoms with E-state index < -0.39 is 0 Å². The Balaban J connectivity index is 1.99. The number of Topliss-reactive ketones (excluding diaryl/α,β-unsaturated/α-hetero) is 1. The lowest BCUT2D eigenvalue weighted by atomic mass is 10.1. The van der Waals surface area contributed by atoms with Crippen molar-refractivity contribution in [2.24, 2.45) is 0 Å². The summed E-state index contributed by atoms with van der Waals surface area (Å²) in [6, 6.07) is 10.6. The average Bonchev–Trinajstić information content (AvgIpc) is 2.59. The van der Waals surface area contributed by atoms with Crippen molar-refractivity contribution in [1.29, 1.82) is 0 Å². The molecule has 0 atom stereocenters. The zero-order valence-electron chi connectivity index (χ0n) is 13.8. The number of hydrogen-bond donors (Lipinski definition) is 2. The van der Waals surface area contributed by atoms with Crippen molar-refractivity contribution in [3.63, 3.8) is 0 Å². The number of amides is 1. The van der Waals surface area contributed by atoms with Crippen LogP contribution in [0.3, 0.4) is 0 Å². The number of benzene rings is 1. The van der Waals surface area contributed by atoms with Gasteiger partial charge in [0.25, 0.3) is 5.91 Å². The van der Waals surface area contributed by atoms with E-state index in [9.17, 15) is 9.59 Å². The normalized spacial score (nSPS) is 10.2. The van der Waals surface area contributed by atoms with Crippen LogP contribution in [0.4, 0.5) is 11.4 Å². The first-order valence-electron chi connectivity index (χ1n) is 7.71. The van der Waals surface area contributed by atoms with Crippen LogP contribution >= 0.6 is 0 Å². The molecule has 0 aliphatic carbocycles. The number of ether oxygens (including phenoxy) is 1. The highest BCUT2D eigenvalue weighted by Crippen LogP contribution is 2.17. The number of aromatic nitrogens is 1. The van der Waals surface area contributed by atoms with Gasteiger partial charge >= 0.3 is 0 Å². The van der Waals surface area contributed by atoms with Gasteiger partial charge in [-0.3, -0.25) is 14.6 Å². The van der Waals surface area contributed by atoms with Crippen molar-refractivity contribution < 1.29 is 14.3 Å². The lowest BCUT2D eigenvalue weighted by Gasteiger charge is -2.09. The van der Waals surface area contributed by atoms with Crippen molar-refractivity contribution in [3.8, 4) is 0 Å². The Kier molecular flexibility index (Phi) is 6.45. The molecule has 24 heavy (non-hydrogen) atoms. The Hall–Kier alpha value is -2.73. The number of methoxy groups -OCH3 is 1. The first-order chi connectivity index (χ1) is 11.6. The van der Waals surface area contributed by atoms with Crippen molar-refractivity contribution in [1.82, 2.24) is 10.3 Å². The number of hydrogen-bond acceptors (Lipinski definition) is 5. The number of anilines is 2. The molecule has 6 heteroatoms. The van der Waals surface area contributed by atoms with Crippen molar-refractivity contribution >= 4 is 23.1 Å². The lowest BCUT2D eigenvalue weighted by molar-refractivity contribution is 0.0942. The van der Waals surface area contributed by atoms with Gasteiger partial charge in [0.05, 0.1) is 0 Å². The molecule has 126 valence electrons. The van der Waals surface area contributed by atoms with Gasteiger partial charge in [-0.1, -0.05) is 0 Å². The highest BCUT2D eigenvalue weighted by Gasteiger charge is 2.07. The smallest absolute Gasteiger partial charge is 0.269 e. The molecule has 1 amide bonds. The number of nitrogens with zero attached hydrogens (tertiary/aromatic N) is 1. The maximum atomic E-state index is 12.1. The SMILES string of the molecule is COCCCNC(=O)c1cc(Nc2ccc(C(C)=O)cc2)ccn1. The zero-order chi connectivity index (χ0) is 17.4. The summed E-state index contributed by atoms with van der Waals surface area (Å²) >= 11 is 0. The third-order valence-corrected chi connectivity index (χ3v) is 3.38. The molecule has 1 aromatic carbocycles. The minimum Gasteiger partial charge on any atom is -0.385 e. The fourth-order valence-corrected chi connectivity index (χ4v) is 2.10. The second-order valence-corrected chi connectivity index (χ2v) is 5.29. The quantitative estimate of drug-likeness (QED) is 0.576. The van der Waals surface area contributed by atoms with Crippen LogP contribution in [0.25, 0.3) is 0 Å². The van der Waals surface area contributed by atoms with E-state index in [4.69, 9.17) is 4.74 Å². The van der Waals surface area contributed by atoms with E-state index in [0.717, 1.165) is 17.8 Å². The summed E-state index contributed by atoms with van der Waals surface area (Å²) < 4.78 is 4.94. The molecule has 0 saturated heterocycles. The first kappa shape index (κ1) is 17.6. The van der Waals surface area contributed by atoms with Gasteiger partial charge in [0, 0.05) is 43.4 Å². The second-order valence-electron chi connectivity index (χ2n) is 5.29. The van der Waals surface area contributed by atoms with Crippen LogP contribution in [0.2, 0.25) is 0 Å². The molecule has 0 saturated carbocycles. The molecule has 6 nitrogen and oxygen atoms in total. The van der Waals surface area contributed by atoms with E-state index >= 15 is 0 Å². The Labute approximate surface area is 141 Å². The van der Waals surface area contributed by atoms with Gasteiger partial charge in [0.15, 0.2) is 5.78 Å². The van der Waals surface area contributed by atoms with Crippen LogP contribution in [0.1, 0.15) is 34.2 Å². The summed E-state index contributed by atoms with van der Waals surface area (Å²) in [5.41, 5.74) is 2.59. The largest absolute Gasteiger partial charge is 0.385 e. The molecule has 0 spiro atoms. The number of carbonyl (C=O) groups excluding carboxylic acids is 2. The molecule has 2 N–H and O–H groups in total. The minimum atomic E-state index is -0.221. The summed E-state index contributed by atoms with van der Waals surface area (Å²) in [6.45, 7) is 2.67. The highest BCUT2D eigenvalue weighted by molar-refractivity contribution is 5.94. The minimum absolute atomic E-state index is 0.0258. The van der Waals surface area contributed by atoms with E-state index in [1.807, 2.05) is 12.1 Å². The molecule has 0 aliphatic heterocycles. The van der Waals surface area contributed by atoms with E-state index in [-0.39, 0.29) is 11.7 Å². The number of nitrogens with one attached hydrogen (secondary N) is 2. The Morgan fingerprint density at radius 1 is 1.12 bits per heavy atom. The topological polar surface area (TPSA) is 80.3 Å². The van der Waals surface area contributed by atoms with E-state index in [2.05, 4.69) is 15.6 Å². The molecule has 0 bridgehead atoms. The molecule has 1 aromatic heterocycles. The number of rotatable bonds is 8. The molecular weight excluding hydrogens is 306 g/mol. The zero-order valence-corrected chi connectivity index (χ0v) is 13.8. The van der Waals surface area contributed by atoms with Gasteiger partial charge in [-0.15, -0.1) is 0 Å². The van der Waals surface area contributed by atoms with Gasteiger partial charge < -0.3 is 15.4 Å². The molecule has 0 radical (unpaired) electrons. The summed E-state index contributed by atoms with van der Waals surface area (Å²) in [5.74, 6) is -0.195. The summed E-state index contributed by atoms with van der Waals surface area (Å²) in [7, 11) is 1.63. The Bertz CT molecular complexity index is 699. The summed E-state index contributed by atoms with van der Waals surface area (Å²) in [6.07, 6.45) is 2.33. The maximum absolute atomic E-state index is 12.1. The van der Waals surface area contributed by atoms with Crippen molar-refractivity contribution in [3.05, 3.63) is 53.9 Å². The third kappa shape index (κ3) is 5.17. The van der Waals surface area contributed by atoms with Crippen molar-refractivity contribution in [2.75, 3.05) is 25.6 Å². The molecule has 0 aliphatic rings. The predicted molar refractivity (Wildman–Crippen MR) is 92.8 cm³/mol. The average molecular weight is 327 g/mol. The van der Waals surface area contributed by atoms with Crippen LogP contribution in [0, 0.1) is 0 Å². The predicted octanol–water partition coefficient (Wildman–Crippen LogP) is 2.79. The molecule has 1 heterocycles. The van der Waals surface area contributed by atoms with Crippen LogP contribution in [-0.2, 0) is 4.74 Å². The molecule has 0 unspecified atom stereocenters. The number of pyridine rings is 1. The van der Waals surface area contributed by atoms with Gasteiger partial charge in [0.2, 0.25) is 0 Å². The van der Waals surface area contributed by atoms with E-state index in [1.165, 1.54) is 6.92 Å². The van der Waals surface area contributed by atoms with Crippen LogP contribution < -0.4 is 10.6 Å². The fourth-order valence-electron chi connectivity index (χ4n) is 2.10. The third-order valence-electron chi connectivity index (χ3n) is 3.38. The van der Waals surface area contributed by atoms with Gasteiger partial charge in [-0.2, -0.15) is 0 Å². The number of carbonyl (C=O) groups is 2. The number of ketones is 1. The maximum Gasteiger partial charge on any atom is 0.269 e. The van der Waals surface area contributed by atoms with Gasteiger partial charge in [-0.05, 0) is 49.7 Å². The Morgan fingerprint density at radius 3 is 2.54 bits per heavy atom. The molecule has 2 aromatic rings. The molecule has 0 fully saturated rings. The molecule has 2 rings (SSSR count). The van der Waals surface area contributed by atoms with Crippen LogP contribution in [0.15, 0.2) is 42.6 Å². The standard InChI is InChI=1S/C18H21N3O3/c1-13(22)14-4-6-15(7-5-14)21-16-8-10-19-17(12-16)18(23)20-9-3-11-24-2/h4-8,10,12H,3,9,11H2,1-2H3,(H,19,21)(H,20,23). The van der Waals surface area contributed by atoms with Crippen LogP contribution in [-0.4, -0.2) is 36.9 Å². The van der Waals surface area contributed by atoms with Crippen LogP contribution in [0.5, 0.6) is 0 Å². The van der Waals surface area contributed by atoms with Gasteiger partial charge in [-0.25, -0.2) is 0 Å². The highest BCUT2D eigenvalue weighted by atomic mass is 16.5. The lowest BCUT2D eigenvalue weighted by Crippen LogP contribution is -2.26. The molecular formula is C18H21N3O3. The Morgan fingerprint density at radius 2 is 1.88 bits per heavy atom. The fraction of sp³-hybridized carbons (Fsp3) is 0.278. The van der Waals surface area contributed by atoms with Crippen molar-refractivity contribution in [2.45, 2.75) is 13.3 Å². The van der Waals surface area contributed by atoms with E-state index in [0.29, 0.717) is 24.4 Å². The second kappa shape index (κ2) is 8.79. The first-order valence-corrected chi connectivity index (χ1v) is 7.71. The summed E-state index contributed by atoms with van der Waals surface area (Å²) in [4.78, 5) is 27.4.